The summed E-state index contributed by atoms with van der Waals surface area (Å²) in [5.41, 5.74) is 6.98. The van der Waals surface area contributed by atoms with Crippen LogP contribution in [0.5, 0.6) is 5.75 Å². The number of aromatic hydroxyl groups is 1. The lowest BCUT2D eigenvalue weighted by molar-refractivity contribution is -0.192. The van der Waals surface area contributed by atoms with Crippen molar-refractivity contribution in [1.82, 2.24) is 14.9 Å². The first-order valence-electron chi connectivity index (χ1n) is 9.80. The number of carboxylic acids is 1. The van der Waals surface area contributed by atoms with E-state index in [-0.39, 0.29) is 42.3 Å². The number of nitrogens with zero attached hydrogens (tertiary/aromatic N) is 3. The van der Waals surface area contributed by atoms with Gasteiger partial charge in [0.15, 0.2) is 0 Å². The molecule has 15 heteroatoms. The van der Waals surface area contributed by atoms with Gasteiger partial charge in [-0.3, -0.25) is 4.79 Å². The fourth-order valence-electron chi connectivity index (χ4n) is 3.08. The molecule has 0 saturated heterocycles. The number of carbonyl (C=O) groups excluding carboxylic acids is 1. The fraction of sp³-hybridized carbons (Fsp3) is 0.400. The van der Waals surface area contributed by atoms with Crippen molar-refractivity contribution in [2.75, 3.05) is 6.54 Å². The van der Waals surface area contributed by atoms with Crippen LogP contribution in [0, 0.1) is 5.82 Å². The van der Waals surface area contributed by atoms with Crippen molar-refractivity contribution in [2.45, 2.75) is 44.2 Å². The number of halogens is 7. The Balaban J connectivity index is 0.000000540. The van der Waals surface area contributed by atoms with Gasteiger partial charge in [-0.1, -0.05) is 0 Å². The number of benzene rings is 1. The first kappa shape index (κ1) is 27.8. The number of amides is 1. The van der Waals surface area contributed by atoms with Gasteiger partial charge in [0.1, 0.15) is 11.6 Å². The molecule has 3 rings (SSSR count). The number of alkyl halides is 6. The van der Waals surface area contributed by atoms with E-state index in [1.54, 1.807) is 0 Å². The molecule has 0 fully saturated rings. The number of phenolic OH excluding ortho intramolecular Hbond substituents is 1. The fourth-order valence-corrected chi connectivity index (χ4v) is 3.08. The van der Waals surface area contributed by atoms with E-state index in [0.717, 1.165) is 18.3 Å². The summed E-state index contributed by atoms with van der Waals surface area (Å²) in [5, 5.41) is 16.9. The third-order valence-corrected chi connectivity index (χ3v) is 4.76. The molecule has 2 aromatic rings. The van der Waals surface area contributed by atoms with Crippen molar-refractivity contribution in [2.24, 2.45) is 5.73 Å². The van der Waals surface area contributed by atoms with Crippen molar-refractivity contribution in [1.29, 1.82) is 0 Å². The van der Waals surface area contributed by atoms with Crippen LogP contribution in [-0.4, -0.2) is 55.7 Å². The zero-order chi connectivity index (χ0) is 26.6. The lowest BCUT2D eigenvalue weighted by Gasteiger charge is -2.29. The quantitative estimate of drug-likeness (QED) is 0.538. The SMILES string of the molecule is N[C@@H](CC(=O)N1CCc2cnc(C(F)(F)F)nc2C1)Cc1cc(F)ccc1O.O=C(O)C(F)(F)F. The zero-order valence-corrected chi connectivity index (χ0v) is 17.7. The first-order valence-corrected chi connectivity index (χ1v) is 9.80. The number of fused-ring (bicyclic) bond motifs is 1. The maximum Gasteiger partial charge on any atom is 0.490 e. The van der Waals surface area contributed by atoms with E-state index in [4.69, 9.17) is 15.6 Å². The Hall–Kier alpha value is -3.49. The number of carboxylic acid groups (broad SMARTS) is 1. The van der Waals surface area contributed by atoms with Gasteiger partial charge in [-0.25, -0.2) is 19.2 Å². The second-order valence-corrected chi connectivity index (χ2v) is 7.47. The first-order chi connectivity index (χ1) is 16.1. The molecule has 1 amide bonds. The molecule has 1 aliphatic rings. The van der Waals surface area contributed by atoms with Crippen molar-refractivity contribution in [3.8, 4) is 5.75 Å². The molecule has 2 heterocycles. The Labute approximate surface area is 193 Å². The van der Waals surface area contributed by atoms with Gasteiger partial charge >= 0.3 is 18.3 Å². The molecular formula is C20H19F7N4O4. The molecule has 1 aliphatic heterocycles. The minimum atomic E-state index is -5.08. The van der Waals surface area contributed by atoms with Crippen LogP contribution < -0.4 is 5.73 Å². The lowest BCUT2D eigenvalue weighted by atomic mass is 10.0. The maximum absolute atomic E-state index is 13.3. The van der Waals surface area contributed by atoms with Crippen molar-refractivity contribution < 1.29 is 50.5 Å². The molecule has 0 radical (unpaired) electrons. The van der Waals surface area contributed by atoms with Crippen LogP contribution in [0.1, 0.15) is 29.1 Å². The summed E-state index contributed by atoms with van der Waals surface area (Å²) in [6, 6.07) is 2.78. The van der Waals surface area contributed by atoms with Gasteiger partial charge in [-0.2, -0.15) is 26.3 Å². The topological polar surface area (TPSA) is 130 Å². The van der Waals surface area contributed by atoms with Crippen LogP contribution in [-0.2, 0) is 35.2 Å². The molecule has 0 saturated carbocycles. The summed E-state index contributed by atoms with van der Waals surface area (Å²) in [5.74, 6) is -4.99. The predicted molar refractivity (Wildman–Crippen MR) is 104 cm³/mol. The lowest BCUT2D eigenvalue weighted by Crippen LogP contribution is -2.40. The molecule has 1 aromatic carbocycles. The Morgan fingerprint density at radius 2 is 1.80 bits per heavy atom. The van der Waals surface area contributed by atoms with Crippen molar-refractivity contribution >= 4 is 11.9 Å². The van der Waals surface area contributed by atoms with Gasteiger partial charge in [-0.15, -0.1) is 0 Å². The summed E-state index contributed by atoms with van der Waals surface area (Å²) in [4.78, 5) is 29.7. The Morgan fingerprint density at radius 3 is 2.37 bits per heavy atom. The number of aliphatic carboxylic acids is 1. The van der Waals surface area contributed by atoms with Crippen molar-refractivity contribution in [3.63, 3.8) is 0 Å². The van der Waals surface area contributed by atoms with Gasteiger partial charge in [0.25, 0.3) is 0 Å². The summed E-state index contributed by atoms with van der Waals surface area (Å²) in [6.45, 7) is 0.260. The van der Waals surface area contributed by atoms with Crippen LogP contribution >= 0.6 is 0 Å². The number of carbonyl (C=O) groups is 2. The smallest absolute Gasteiger partial charge is 0.490 e. The van der Waals surface area contributed by atoms with Crippen LogP contribution in [0.3, 0.4) is 0 Å². The number of hydrogen-bond donors (Lipinski definition) is 3. The highest BCUT2D eigenvalue weighted by Gasteiger charge is 2.38. The molecule has 192 valence electrons. The summed E-state index contributed by atoms with van der Waals surface area (Å²) in [6.07, 6.45) is -8.26. The van der Waals surface area contributed by atoms with E-state index in [2.05, 4.69) is 9.97 Å². The van der Waals surface area contributed by atoms with Gasteiger partial charge in [0.2, 0.25) is 11.7 Å². The molecular weight excluding hydrogens is 493 g/mol. The van der Waals surface area contributed by atoms with E-state index in [0.29, 0.717) is 18.5 Å². The normalized spacial score (nSPS) is 14.5. The van der Waals surface area contributed by atoms with Gasteiger partial charge in [-0.05, 0) is 42.2 Å². The standard InChI is InChI=1S/C18H18F4N4O2.C2HF3O2/c19-12-1-2-15(27)11(5-12)6-13(23)7-16(28)26-4-3-10-8-24-17(18(20,21)22)25-14(10)9-26;3-2(4,5)1(6)7/h1-2,5,8,13,27H,3-4,6-7,9,23H2;(H,6,7)/t13-;/m1./s1. The van der Waals surface area contributed by atoms with Crippen molar-refractivity contribution in [3.05, 3.63) is 52.9 Å². The Bertz CT molecular complexity index is 1080. The maximum atomic E-state index is 13.3. The molecule has 0 spiro atoms. The second kappa shape index (κ2) is 10.8. The Kier molecular flexibility index (Phi) is 8.59. The van der Waals surface area contributed by atoms with Crippen LogP contribution in [0.15, 0.2) is 24.4 Å². The van der Waals surface area contributed by atoms with Crippen LogP contribution in [0.4, 0.5) is 30.7 Å². The molecule has 0 bridgehead atoms. The third kappa shape index (κ3) is 8.05. The van der Waals surface area contributed by atoms with E-state index in [9.17, 15) is 40.6 Å². The zero-order valence-electron chi connectivity index (χ0n) is 17.7. The summed E-state index contributed by atoms with van der Waals surface area (Å²) < 4.78 is 83.4. The highest BCUT2D eigenvalue weighted by atomic mass is 19.4. The highest BCUT2D eigenvalue weighted by Crippen LogP contribution is 2.28. The molecule has 4 N–H and O–H groups in total. The average molecular weight is 512 g/mol. The summed E-state index contributed by atoms with van der Waals surface area (Å²) >= 11 is 0. The average Bonchev–Trinajstić information content (AvgIpc) is 2.74. The summed E-state index contributed by atoms with van der Waals surface area (Å²) in [7, 11) is 0. The van der Waals surface area contributed by atoms with E-state index in [1.807, 2.05) is 0 Å². The van der Waals surface area contributed by atoms with Crippen LogP contribution in [0.2, 0.25) is 0 Å². The van der Waals surface area contributed by atoms with E-state index in [1.165, 1.54) is 11.0 Å². The largest absolute Gasteiger partial charge is 0.508 e. The predicted octanol–water partition coefficient (Wildman–Crippen LogP) is 2.82. The highest BCUT2D eigenvalue weighted by molar-refractivity contribution is 5.77. The number of hydrogen-bond acceptors (Lipinski definition) is 6. The molecule has 35 heavy (non-hydrogen) atoms. The molecule has 1 atom stereocenters. The van der Waals surface area contributed by atoms with Gasteiger partial charge in [0, 0.05) is 25.2 Å². The molecule has 8 nitrogen and oxygen atoms in total. The number of nitrogens with two attached hydrogens (primary N) is 1. The number of phenols is 1. The third-order valence-electron chi connectivity index (χ3n) is 4.76. The minimum absolute atomic E-state index is 0.0578. The van der Waals surface area contributed by atoms with E-state index >= 15 is 0 Å². The number of aromatic nitrogens is 2. The molecule has 0 aliphatic carbocycles. The van der Waals surface area contributed by atoms with E-state index < -0.39 is 36.0 Å². The monoisotopic (exact) mass is 512 g/mol. The minimum Gasteiger partial charge on any atom is -0.508 e. The van der Waals surface area contributed by atoms with Gasteiger partial charge in [0.05, 0.1) is 12.2 Å². The Morgan fingerprint density at radius 1 is 1.17 bits per heavy atom. The van der Waals surface area contributed by atoms with Gasteiger partial charge < -0.3 is 20.8 Å². The molecule has 1 aromatic heterocycles. The molecule has 0 unspecified atom stereocenters. The second-order valence-electron chi connectivity index (χ2n) is 7.47. The number of rotatable bonds is 4. The van der Waals surface area contributed by atoms with Crippen LogP contribution in [0.25, 0.3) is 0 Å².